The van der Waals surface area contributed by atoms with Crippen LogP contribution in [-0.2, 0) is 4.79 Å². The van der Waals surface area contributed by atoms with Crippen LogP contribution in [0.15, 0.2) is 56.0 Å². The largest absolute Gasteiger partial charge is 0.475 e. The summed E-state index contributed by atoms with van der Waals surface area (Å²) < 4.78 is 13.3. The van der Waals surface area contributed by atoms with E-state index in [9.17, 15) is 14.0 Å². The van der Waals surface area contributed by atoms with E-state index in [4.69, 9.17) is 5.11 Å². The summed E-state index contributed by atoms with van der Waals surface area (Å²) in [6.07, 6.45) is 0. The van der Waals surface area contributed by atoms with Crippen LogP contribution >= 0.6 is 23.5 Å². The van der Waals surface area contributed by atoms with E-state index in [0.717, 1.165) is 9.79 Å². The Hall–Kier alpha value is -1.79. The Balaban J connectivity index is 2.11. The summed E-state index contributed by atoms with van der Waals surface area (Å²) in [5.74, 6) is -2.80. The van der Waals surface area contributed by atoms with E-state index in [1.807, 2.05) is 6.07 Å². The lowest BCUT2D eigenvalue weighted by Gasteiger charge is -2.19. The number of benzene rings is 2. The molecular weight excluding hydrogens is 299 g/mol. The SMILES string of the molecule is O=C(O)C(=O)c1cccc2c1Sc1cc(F)ccc1S2. The number of ketones is 1. The lowest BCUT2D eigenvalue weighted by Crippen LogP contribution is -2.14. The Bertz CT molecular complexity index is 743. The van der Waals surface area contributed by atoms with Crippen molar-refractivity contribution in [3.05, 3.63) is 47.8 Å². The van der Waals surface area contributed by atoms with Crippen LogP contribution in [0.2, 0.25) is 0 Å². The van der Waals surface area contributed by atoms with Crippen molar-refractivity contribution in [3.8, 4) is 0 Å². The molecule has 100 valence electrons. The molecule has 0 saturated carbocycles. The number of carbonyl (C=O) groups is 2. The highest BCUT2D eigenvalue weighted by molar-refractivity contribution is 8.05. The van der Waals surface area contributed by atoms with E-state index >= 15 is 0 Å². The van der Waals surface area contributed by atoms with Crippen LogP contribution in [0.1, 0.15) is 10.4 Å². The van der Waals surface area contributed by atoms with Gasteiger partial charge in [-0.1, -0.05) is 29.6 Å². The number of fused-ring (bicyclic) bond motifs is 2. The Labute approximate surface area is 122 Å². The van der Waals surface area contributed by atoms with Gasteiger partial charge in [0, 0.05) is 25.1 Å². The Morgan fingerprint density at radius 1 is 1.00 bits per heavy atom. The molecule has 20 heavy (non-hydrogen) atoms. The highest BCUT2D eigenvalue weighted by atomic mass is 32.2. The van der Waals surface area contributed by atoms with E-state index in [2.05, 4.69) is 0 Å². The number of Topliss-reactive ketones (excluding diaryl/α,β-unsaturated/α-hetero) is 1. The zero-order chi connectivity index (χ0) is 14.3. The van der Waals surface area contributed by atoms with Crippen molar-refractivity contribution in [2.45, 2.75) is 19.6 Å². The summed E-state index contributed by atoms with van der Waals surface area (Å²) in [4.78, 5) is 25.5. The van der Waals surface area contributed by atoms with Crippen molar-refractivity contribution in [2.75, 3.05) is 0 Å². The summed E-state index contributed by atoms with van der Waals surface area (Å²) in [6, 6.07) is 9.39. The van der Waals surface area contributed by atoms with Crippen molar-refractivity contribution < 1.29 is 19.1 Å². The van der Waals surface area contributed by atoms with Crippen LogP contribution in [-0.4, -0.2) is 16.9 Å². The number of hydrogen-bond acceptors (Lipinski definition) is 4. The van der Waals surface area contributed by atoms with Gasteiger partial charge >= 0.3 is 5.97 Å². The van der Waals surface area contributed by atoms with Crippen LogP contribution in [0, 0.1) is 5.82 Å². The molecule has 0 spiro atoms. The average Bonchev–Trinajstić information content (AvgIpc) is 2.43. The first-order valence-electron chi connectivity index (χ1n) is 5.62. The second-order valence-electron chi connectivity index (χ2n) is 4.06. The minimum Gasteiger partial charge on any atom is -0.475 e. The van der Waals surface area contributed by atoms with Crippen LogP contribution in [0.25, 0.3) is 0 Å². The van der Waals surface area contributed by atoms with E-state index in [0.29, 0.717) is 9.79 Å². The Morgan fingerprint density at radius 3 is 2.55 bits per heavy atom. The minimum atomic E-state index is -1.49. The second kappa shape index (κ2) is 4.96. The molecule has 3 rings (SSSR count). The third kappa shape index (κ3) is 2.21. The van der Waals surface area contributed by atoms with Crippen LogP contribution in [0.5, 0.6) is 0 Å². The lowest BCUT2D eigenvalue weighted by atomic mass is 10.1. The van der Waals surface area contributed by atoms with Gasteiger partial charge < -0.3 is 5.11 Å². The van der Waals surface area contributed by atoms with Gasteiger partial charge in [-0.2, -0.15) is 0 Å². The molecule has 0 amide bonds. The second-order valence-corrected chi connectivity index (χ2v) is 6.20. The molecule has 1 aliphatic rings. The number of halogens is 1. The van der Waals surface area contributed by atoms with Crippen LogP contribution in [0.3, 0.4) is 0 Å². The summed E-state index contributed by atoms with van der Waals surface area (Å²) in [5.41, 5.74) is 0.141. The molecule has 1 heterocycles. The van der Waals surface area contributed by atoms with Crippen LogP contribution in [0.4, 0.5) is 4.39 Å². The Kier molecular flexibility index (Phi) is 3.27. The molecule has 0 atom stereocenters. The van der Waals surface area contributed by atoms with E-state index in [1.165, 1.54) is 41.7 Å². The molecule has 0 fully saturated rings. The molecule has 3 nitrogen and oxygen atoms in total. The standard InChI is InChI=1S/C14H7FO3S2/c15-7-4-5-9-11(6-7)20-13-8(12(16)14(17)18)2-1-3-10(13)19-9/h1-6H,(H,17,18). The fraction of sp³-hybridized carbons (Fsp3) is 0. The number of carbonyl (C=O) groups excluding carboxylic acids is 1. The summed E-state index contributed by atoms with van der Waals surface area (Å²) in [7, 11) is 0. The van der Waals surface area contributed by atoms with Crippen molar-refractivity contribution in [1.82, 2.24) is 0 Å². The summed E-state index contributed by atoms with van der Waals surface area (Å²) in [5, 5.41) is 8.85. The number of hydrogen-bond donors (Lipinski definition) is 1. The van der Waals surface area contributed by atoms with Crippen molar-refractivity contribution in [2.24, 2.45) is 0 Å². The molecule has 0 aliphatic carbocycles. The van der Waals surface area contributed by atoms with Gasteiger partial charge in [0.2, 0.25) is 0 Å². The van der Waals surface area contributed by atoms with Crippen molar-refractivity contribution >= 4 is 35.3 Å². The fourth-order valence-corrected chi connectivity index (χ4v) is 4.25. The quantitative estimate of drug-likeness (QED) is 0.578. The molecule has 1 N–H and O–H groups in total. The molecule has 0 bridgehead atoms. The minimum absolute atomic E-state index is 0.141. The number of aliphatic carboxylic acids is 1. The normalized spacial score (nSPS) is 12.4. The molecule has 0 radical (unpaired) electrons. The molecule has 0 saturated heterocycles. The Morgan fingerprint density at radius 2 is 1.80 bits per heavy atom. The third-order valence-corrected chi connectivity index (χ3v) is 5.35. The van der Waals surface area contributed by atoms with Gasteiger partial charge in [-0.05, 0) is 30.3 Å². The highest BCUT2D eigenvalue weighted by Gasteiger charge is 2.25. The lowest BCUT2D eigenvalue weighted by molar-refractivity contribution is -0.131. The summed E-state index contributed by atoms with van der Waals surface area (Å²) >= 11 is 2.63. The van der Waals surface area contributed by atoms with Gasteiger partial charge in [-0.25, -0.2) is 9.18 Å². The molecule has 0 aromatic heterocycles. The summed E-state index contributed by atoms with van der Waals surface area (Å²) in [6.45, 7) is 0. The average molecular weight is 306 g/mol. The predicted octanol–water partition coefficient (Wildman–Crippen LogP) is 3.71. The van der Waals surface area contributed by atoms with Gasteiger partial charge in [0.1, 0.15) is 5.82 Å². The van der Waals surface area contributed by atoms with Gasteiger partial charge in [0.25, 0.3) is 5.78 Å². The van der Waals surface area contributed by atoms with E-state index in [-0.39, 0.29) is 11.4 Å². The maximum atomic E-state index is 13.3. The molecule has 1 aliphatic heterocycles. The van der Waals surface area contributed by atoms with Crippen molar-refractivity contribution in [1.29, 1.82) is 0 Å². The first-order valence-corrected chi connectivity index (χ1v) is 7.25. The molecular formula is C14H7FO3S2. The molecule has 6 heteroatoms. The molecule has 0 unspecified atom stereocenters. The van der Waals surface area contributed by atoms with E-state index < -0.39 is 11.8 Å². The van der Waals surface area contributed by atoms with Gasteiger partial charge in [-0.15, -0.1) is 0 Å². The van der Waals surface area contributed by atoms with Crippen molar-refractivity contribution in [3.63, 3.8) is 0 Å². The predicted molar refractivity (Wildman–Crippen MR) is 73.1 cm³/mol. The highest BCUT2D eigenvalue weighted by Crippen LogP contribution is 2.49. The van der Waals surface area contributed by atoms with Gasteiger partial charge in [0.15, 0.2) is 0 Å². The van der Waals surface area contributed by atoms with Gasteiger partial charge in [0.05, 0.1) is 0 Å². The van der Waals surface area contributed by atoms with Gasteiger partial charge in [-0.3, -0.25) is 4.79 Å². The van der Waals surface area contributed by atoms with Crippen LogP contribution < -0.4 is 0 Å². The number of carboxylic acid groups (broad SMARTS) is 1. The number of rotatable bonds is 2. The first kappa shape index (κ1) is 13.2. The molecule has 2 aromatic rings. The first-order chi connectivity index (χ1) is 9.56. The van der Waals surface area contributed by atoms with E-state index in [1.54, 1.807) is 12.1 Å². The number of carboxylic acids is 1. The smallest absolute Gasteiger partial charge is 0.377 e. The maximum absolute atomic E-state index is 13.3. The maximum Gasteiger partial charge on any atom is 0.377 e. The zero-order valence-electron chi connectivity index (χ0n) is 9.92. The zero-order valence-corrected chi connectivity index (χ0v) is 11.6. The fourth-order valence-electron chi connectivity index (χ4n) is 1.87. The topological polar surface area (TPSA) is 54.4 Å². The monoisotopic (exact) mass is 306 g/mol. The molecule has 2 aromatic carbocycles. The third-order valence-electron chi connectivity index (χ3n) is 2.76.